The van der Waals surface area contributed by atoms with Gasteiger partial charge in [-0.15, -0.1) is 0 Å². The average Bonchev–Trinajstić information content (AvgIpc) is 2.98. The molecule has 4 heterocycles. The number of rotatable bonds is 3. The van der Waals surface area contributed by atoms with Crippen LogP contribution in [-0.4, -0.2) is 62.1 Å². The van der Waals surface area contributed by atoms with E-state index in [1.807, 2.05) is 6.92 Å². The lowest BCUT2D eigenvalue weighted by molar-refractivity contribution is 0.0557. The molecule has 0 radical (unpaired) electrons. The maximum Gasteiger partial charge on any atom is 0.322 e. The highest BCUT2D eigenvalue weighted by Gasteiger charge is 2.36. The number of fused-ring (bicyclic) bond motifs is 3. The highest BCUT2D eigenvalue weighted by molar-refractivity contribution is 9.10. The molecule has 8 nitrogen and oxygen atoms in total. The maximum absolute atomic E-state index is 14.2. The van der Waals surface area contributed by atoms with Crippen LogP contribution in [0, 0.1) is 5.82 Å². The standard InChI is InChI=1S/C19H20BrF3N6O2/c1-10-7-13-11(8-28(10)19(31)25-12-3-4-24-17(20)15(12)23)16-18(30)27(9-14(21)22)5-2-6-29(16)26-13/h3-4,10,14H,2,5-9H2,1H3,(H,24,25,31). The van der Waals surface area contributed by atoms with E-state index in [4.69, 9.17) is 0 Å². The van der Waals surface area contributed by atoms with Crippen molar-refractivity contribution >= 4 is 33.6 Å². The van der Waals surface area contributed by atoms with Crippen molar-refractivity contribution in [3.63, 3.8) is 0 Å². The molecule has 0 saturated heterocycles. The van der Waals surface area contributed by atoms with Gasteiger partial charge in [0.15, 0.2) is 5.82 Å². The first-order valence-electron chi connectivity index (χ1n) is 9.79. The number of pyridine rings is 1. The van der Waals surface area contributed by atoms with Gasteiger partial charge in [-0.1, -0.05) is 0 Å². The minimum Gasteiger partial charge on any atom is -0.332 e. The summed E-state index contributed by atoms with van der Waals surface area (Å²) >= 11 is 2.98. The number of alkyl halides is 2. The fraction of sp³-hybridized carbons (Fsp3) is 0.474. The number of hydrogen-bond acceptors (Lipinski definition) is 4. The van der Waals surface area contributed by atoms with Gasteiger partial charge >= 0.3 is 6.03 Å². The predicted octanol–water partition coefficient (Wildman–Crippen LogP) is 3.27. The van der Waals surface area contributed by atoms with E-state index in [-0.39, 0.29) is 35.1 Å². The topological polar surface area (TPSA) is 83.4 Å². The molecule has 0 spiro atoms. The van der Waals surface area contributed by atoms with Crippen molar-refractivity contribution in [3.05, 3.63) is 39.6 Å². The van der Waals surface area contributed by atoms with Crippen LogP contribution in [0.3, 0.4) is 0 Å². The minimum absolute atomic E-state index is 0.0223. The third kappa shape index (κ3) is 4.12. The number of nitrogens with one attached hydrogen (secondary N) is 1. The second-order valence-corrected chi connectivity index (χ2v) is 8.32. The van der Waals surface area contributed by atoms with Crippen molar-refractivity contribution < 1.29 is 22.8 Å². The van der Waals surface area contributed by atoms with Gasteiger partial charge in [0.05, 0.1) is 24.5 Å². The summed E-state index contributed by atoms with van der Waals surface area (Å²) in [5.74, 6) is -1.20. The van der Waals surface area contributed by atoms with E-state index >= 15 is 0 Å². The van der Waals surface area contributed by atoms with Crippen LogP contribution in [0.5, 0.6) is 0 Å². The first-order chi connectivity index (χ1) is 14.8. The van der Waals surface area contributed by atoms with Crippen molar-refractivity contribution in [2.75, 3.05) is 18.4 Å². The molecule has 166 valence electrons. The molecule has 31 heavy (non-hydrogen) atoms. The molecule has 2 aliphatic heterocycles. The van der Waals surface area contributed by atoms with E-state index < -0.39 is 30.7 Å². The fourth-order valence-electron chi connectivity index (χ4n) is 3.97. The zero-order valence-corrected chi connectivity index (χ0v) is 18.2. The first-order valence-corrected chi connectivity index (χ1v) is 10.6. The summed E-state index contributed by atoms with van der Waals surface area (Å²) in [7, 11) is 0. The Morgan fingerprint density at radius 2 is 2.16 bits per heavy atom. The zero-order valence-electron chi connectivity index (χ0n) is 16.6. The molecule has 0 aromatic carbocycles. The Bertz CT molecular complexity index is 1030. The molecular formula is C19H20BrF3N6O2. The molecule has 4 rings (SSSR count). The first kappa shape index (κ1) is 21.6. The van der Waals surface area contributed by atoms with Crippen molar-refractivity contribution in [3.8, 4) is 0 Å². The molecule has 0 saturated carbocycles. The van der Waals surface area contributed by atoms with E-state index in [2.05, 4.69) is 31.3 Å². The number of carbonyl (C=O) groups is 2. The van der Waals surface area contributed by atoms with Gasteiger partial charge in [0, 0.05) is 37.3 Å². The molecule has 2 aliphatic rings. The minimum atomic E-state index is -2.63. The van der Waals surface area contributed by atoms with Crippen molar-refractivity contribution in [1.82, 2.24) is 24.6 Å². The number of hydrogen-bond donors (Lipinski definition) is 1. The summed E-state index contributed by atoms with van der Waals surface area (Å²) in [6.45, 7) is 1.91. The second-order valence-electron chi connectivity index (χ2n) is 7.57. The zero-order chi connectivity index (χ0) is 22.3. The lowest BCUT2D eigenvalue weighted by atomic mass is 9.99. The number of amides is 3. The van der Waals surface area contributed by atoms with Gasteiger partial charge in [-0.2, -0.15) is 5.10 Å². The smallest absolute Gasteiger partial charge is 0.322 e. The molecule has 3 amide bonds. The van der Waals surface area contributed by atoms with E-state index in [0.29, 0.717) is 30.6 Å². The lowest BCUT2D eigenvalue weighted by Crippen LogP contribution is -2.45. The number of halogens is 4. The number of aryl methyl sites for hydroxylation is 1. The molecule has 0 aliphatic carbocycles. The normalized spacial score (nSPS) is 18.6. The van der Waals surface area contributed by atoms with Crippen LogP contribution in [0.1, 0.15) is 35.1 Å². The molecule has 0 fully saturated rings. The highest BCUT2D eigenvalue weighted by Crippen LogP contribution is 2.29. The average molecular weight is 501 g/mol. The molecule has 2 aromatic heterocycles. The number of carbonyl (C=O) groups excluding carboxylic acids is 2. The van der Waals surface area contributed by atoms with Crippen LogP contribution in [0.25, 0.3) is 0 Å². The fourth-order valence-corrected chi connectivity index (χ4v) is 4.31. The Morgan fingerprint density at radius 1 is 1.39 bits per heavy atom. The van der Waals surface area contributed by atoms with Gasteiger partial charge in [-0.3, -0.25) is 9.48 Å². The lowest BCUT2D eigenvalue weighted by Gasteiger charge is -2.33. The monoisotopic (exact) mass is 500 g/mol. The molecule has 12 heteroatoms. The van der Waals surface area contributed by atoms with Crippen molar-refractivity contribution in [2.45, 2.75) is 45.3 Å². The van der Waals surface area contributed by atoms with Gasteiger partial charge in [-0.25, -0.2) is 22.9 Å². The van der Waals surface area contributed by atoms with Crippen LogP contribution in [-0.2, 0) is 19.5 Å². The van der Waals surface area contributed by atoms with Crippen LogP contribution in [0.2, 0.25) is 0 Å². The molecule has 1 atom stereocenters. The number of anilines is 1. The molecule has 1 N–H and O–H groups in total. The van der Waals surface area contributed by atoms with Crippen molar-refractivity contribution in [1.29, 1.82) is 0 Å². The Balaban J connectivity index is 1.61. The maximum atomic E-state index is 14.2. The van der Waals surface area contributed by atoms with Crippen LogP contribution < -0.4 is 5.32 Å². The third-order valence-electron chi connectivity index (χ3n) is 5.48. The van der Waals surface area contributed by atoms with E-state index in [9.17, 15) is 22.8 Å². The second kappa shape index (κ2) is 8.48. The Morgan fingerprint density at radius 3 is 2.90 bits per heavy atom. The number of urea groups is 1. The summed E-state index contributed by atoms with van der Waals surface area (Å²) < 4.78 is 41.6. The van der Waals surface area contributed by atoms with E-state index in [1.165, 1.54) is 17.2 Å². The summed E-state index contributed by atoms with van der Waals surface area (Å²) in [5, 5.41) is 7.05. The van der Waals surface area contributed by atoms with Crippen LogP contribution in [0.15, 0.2) is 16.9 Å². The predicted molar refractivity (Wildman–Crippen MR) is 108 cm³/mol. The number of aromatic nitrogens is 3. The van der Waals surface area contributed by atoms with Gasteiger partial charge in [0.1, 0.15) is 10.3 Å². The summed E-state index contributed by atoms with van der Waals surface area (Å²) in [5.41, 5.74) is 1.45. The Kier molecular flexibility index (Phi) is 5.91. The van der Waals surface area contributed by atoms with Gasteiger partial charge in [0.2, 0.25) is 0 Å². The Labute approximate surface area is 184 Å². The van der Waals surface area contributed by atoms with E-state index in [1.54, 1.807) is 4.68 Å². The summed E-state index contributed by atoms with van der Waals surface area (Å²) in [6, 6.07) is 0.545. The number of nitrogens with zero attached hydrogens (tertiary/aromatic N) is 5. The molecule has 1 unspecified atom stereocenters. The summed E-state index contributed by atoms with van der Waals surface area (Å²) in [4.78, 5) is 32.3. The van der Waals surface area contributed by atoms with E-state index in [0.717, 1.165) is 4.90 Å². The van der Waals surface area contributed by atoms with Crippen molar-refractivity contribution in [2.24, 2.45) is 0 Å². The highest BCUT2D eigenvalue weighted by atomic mass is 79.9. The molecule has 0 bridgehead atoms. The van der Waals surface area contributed by atoms with Gasteiger partial charge in [-0.05, 0) is 35.3 Å². The quantitative estimate of drug-likeness (QED) is 0.655. The largest absolute Gasteiger partial charge is 0.332 e. The summed E-state index contributed by atoms with van der Waals surface area (Å²) in [6.07, 6.45) is -0.366. The molecular weight excluding hydrogens is 481 g/mol. The SMILES string of the molecule is CC1Cc2nn3c(c2CN1C(=O)Nc1ccnc(Br)c1F)C(=O)N(CC(F)F)CCC3. The van der Waals surface area contributed by atoms with Crippen LogP contribution >= 0.6 is 15.9 Å². The molecule has 2 aromatic rings. The van der Waals surface area contributed by atoms with Gasteiger partial charge < -0.3 is 15.1 Å². The third-order valence-corrected chi connectivity index (χ3v) is 6.03. The van der Waals surface area contributed by atoms with Crippen LogP contribution in [0.4, 0.5) is 23.7 Å². The Hall–Kier alpha value is -2.63. The van der Waals surface area contributed by atoms with Gasteiger partial charge in [0.25, 0.3) is 12.3 Å².